The van der Waals surface area contributed by atoms with Crippen molar-refractivity contribution in [2.45, 2.75) is 59.7 Å². The van der Waals surface area contributed by atoms with E-state index >= 15 is 0 Å². The average Bonchev–Trinajstić information content (AvgIpc) is 2.76. The van der Waals surface area contributed by atoms with E-state index in [1.54, 1.807) is 18.9 Å². The van der Waals surface area contributed by atoms with Gasteiger partial charge in [-0.15, -0.1) is 0 Å². The zero-order chi connectivity index (χ0) is 23.0. The van der Waals surface area contributed by atoms with E-state index in [1.807, 2.05) is 70.2 Å². The zero-order valence-corrected chi connectivity index (χ0v) is 19.4. The first kappa shape index (κ1) is 24.3. The van der Waals surface area contributed by atoms with Crippen molar-refractivity contribution in [3.8, 4) is 11.5 Å². The number of benzene rings is 2. The number of carbonyl (C=O) groups excluding carboxylic acids is 2. The van der Waals surface area contributed by atoms with Gasteiger partial charge < -0.3 is 19.7 Å². The van der Waals surface area contributed by atoms with Gasteiger partial charge >= 0.3 is 0 Å². The van der Waals surface area contributed by atoms with Crippen LogP contribution in [-0.4, -0.2) is 42.5 Å². The summed E-state index contributed by atoms with van der Waals surface area (Å²) in [6.45, 7) is 9.79. The van der Waals surface area contributed by atoms with Gasteiger partial charge in [0.2, 0.25) is 5.91 Å². The van der Waals surface area contributed by atoms with Crippen LogP contribution in [0.15, 0.2) is 42.5 Å². The van der Waals surface area contributed by atoms with Crippen LogP contribution in [0.2, 0.25) is 0 Å². The molecule has 2 amide bonds. The molecule has 0 aliphatic heterocycles. The van der Waals surface area contributed by atoms with Crippen molar-refractivity contribution in [3.05, 3.63) is 59.2 Å². The Hall–Kier alpha value is -3.02. The molecule has 0 saturated heterocycles. The van der Waals surface area contributed by atoms with Gasteiger partial charge in [0.05, 0.1) is 7.11 Å². The summed E-state index contributed by atoms with van der Waals surface area (Å²) in [6.07, 6.45) is 0.818. The van der Waals surface area contributed by atoms with Crippen molar-refractivity contribution >= 4 is 11.8 Å². The third-order valence-electron chi connectivity index (χ3n) is 5.34. The molecule has 2 aromatic rings. The van der Waals surface area contributed by atoms with E-state index in [4.69, 9.17) is 9.47 Å². The molecule has 0 fully saturated rings. The van der Waals surface area contributed by atoms with Crippen LogP contribution in [0.1, 0.15) is 43.9 Å². The van der Waals surface area contributed by atoms with Gasteiger partial charge in [-0.25, -0.2) is 0 Å². The van der Waals surface area contributed by atoms with E-state index in [9.17, 15) is 9.59 Å². The predicted octanol–water partition coefficient (Wildman–Crippen LogP) is 4.02. The van der Waals surface area contributed by atoms with E-state index in [-0.39, 0.29) is 31.0 Å². The van der Waals surface area contributed by atoms with Crippen molar-refractivity contribution in [2.24, 2.45) is 0 Å². The molecule has 0 saturated carbocycles. The highest BCUT2D eigenvalue weighted by Crippen LogP contribution is 2.20. The number of hydrogen-bond acceptors (Lipinski definition) is 4. The number of rotatable bonds is 10. The topological polar surface area (TPSA) is 67.9 Å². The SMILES string of the molecule is CC[C@H](C)NC(=O)[C@@H](C)N(Cc1cccc(OC)c1)C(=O)COc1ccc(C)cc1C. The van der Waals surface area contributed by atoms with Crippen LogP contribution in [0.3, 0.4) is 0 Å². The second-order valence-corrected chi connectivity index (χ2v) is 7.92. The third kappa shape index (κ3) is 7.02. The summed E-state index contributed by atoms with van der Waals surface area (Å²) in [4.78, 5) is 27.5. The Balaban J connectivity index is 2.20. The second kappa shape index (κ2) is 11.4. The number of aryl methyl sites for hydroxylation is 2. The Morgan fingerprint density at radius 2 is 1.84 bits per heavy atom. The van der Waals surface area contributed by atoms with Gasteiger partial charge in [-0.3, -0.25) is 9.59 Å². The van der Waals surface area contributed by atoms with Crippen LogP contribution in [0, 0.1) is 13.8 Å². The van der Waals surface area contributed by atoms with Crippen LogP contribution in [0.25, 0.3) is 0 Å². The quantitative estimate of drug-likeness (QED) is 0.623. The lowest BCUT2D eigenvalue weighted by Gasteiger charge is -2.29. The van der Waals surface area contributed by atoms with Crippen LogP contribution in [0.5, 0.6) is 11.5 Å². The van der Waals surface area contributed by atoms with Gasteiger partial charge in [0.25, 0.3) is 5.91 Å². The van der Waals surface area contributed by atoms with Gasteiger partial charge in [-0.05, 0) is 63.4 Å². The minimum absolute atomic E-state index is 0.0372. The first-order chi connectivity index (χ1) is 14.7. The highest BCUT2D eigenvalue weighted by molar-refractivity contribution is 5.88. The Morgan fingerprint density at radius 3 is 2.48 bits per heavy atom. The number of hydrogen-bond donors (Lipinski definition) is 1. The molecule has 31 heavy (non-hydrogen) atoms. The average molecular weight is 427 g/mol. The monoisotopic (exact) mass is 426 g/mol. The molecule has 0 heterocycles. The van der Waals surface area contributed by atoms with Gasteiger partial charge in [0.1, 0.15) is 17.5 Å². The van der Waals surface area contributed by atoms with E-state index in [0.717, 1.165) is 23.1 Å². The summed E-state index contributed by atoms with van der Waals surface area (Å²) >= 11 is 0. The molecule has 6 nitrogen and oxygen atoms in total. The predicted molar refractivity (Wildman–Crippen MR) is 122 cm³/mol. The normalized spacial score (nSPS) is 12.6. The molecule has 0 radical (unpaired) electrons. The van der Waals surface area contributed by atoms with E-state index in [0.29, 0.717) is 11.5 Å². The molecule has 0 aliphatic carbocycles. The fourth-order valence-corrected chi connectivity index (χ4v) is 3.20. The number of nitrogens with one attached hydrogen (secondary N) is 1. The lowest BCUT2D eigenvalue weighted by atomic mass is 10.1. The number of carbonyl (C=O) groups is 2. The van der Waals surface area contributed by atoms with E-state index in [2.05, 4.69) is 5.32 Å². The van der Waals surface area contributed by atoms with Crippen LogP contribution in [-0.2, 0) is 16.1 Å². The highest BCUT2D eigenvalue weighted by atomic mass is 16.5. The van der Waals surface area contributed by atoms with Gasteiger partial charge in [0.15, 0.2) is 6.61 Å². The number of amides is 2. The molecular weight excluding hydrogens is 392 g/mol. The summed E-state index contributed by atoms with van der Waals surface area (Å²) in [7, 11) is 1.60. The smallest absolute Gasteiger partial charge is 0.261 e. The first-order valence-corrected chi connectivity index (χ1v) is 10.7. The fourth-order valence-electron chi connectivity index (χ4n) is 3.20. The summed E-state index contributed by atoms with van der Waals surface area (Å²) in [5, 5.41) is 2.96. The largest absolute Gasteiger partial charge is 0.497 e. The molecule has 0 aromatic heterocycles. The summed E-state index contributed by atoms with van der Waals surface area (Å²) in [5.41, 5.74) is 2.98. The van der Waals surface area contributed by atoms with E-state index < -0.39 is 6.04 Å². The number of nitrogens with zero attached hydrogens (tertiary/aromatic N) is 1. The molecular formula is C25H34N2O4. The van der Waals surface area contributed by atoms with Crippen molar-refractivity contribution in [2.75, 3.05) is 13.7 Å². The molecule has 0 unspecified atom stereocenters. The first-order valence-electron chi connectivity index (χ1n) is 10.7. The Bertz CT molecular complexity index is 897. The standard InChI is InChI=1S/C25H34N2O4/c1-7-19(4)26-25(29)20(5)27(15-21-9-8-10-22(14-21)30-6)24(28)16-31-23-12-11-17(2)13-18(23)3/h8-14,19-20H,7,15-16H2,1-6H3,(H,26,29)/t19-,20+/m0/s1. The van der Waals surface area contributed by atoms with Crippen molar-refractivity contribution < 1.29 is 19.1 Å². The molecule has 0 bridgehead atoms. The Labute approximate surface area is 185 Å². The zero-order valence-electron chi connectivity index (χ0n) is 19.4. The maximum atomic E-state index is 13.1. The van der Waals surface area contributed by atoms with Crippen molar-refractivity contribution in [1.29, 1.82) is 0 Å². The lowest BCUT2D eigenvalue weighted by molar-refractivity contribution is -0.142. The summed E-state index contributed by atoms with van der Waals surface area (Å²) < 4.78 is 11.1. The summed E-state index contributed by atoms with van der Waals surface area (Å²) in [5.74, 6) is 0.928. The molecule has 0 spiro atoms. The molecule has 2 aromatic carbocycles. The fraction of sp³-hybridized carbons (Fsp3) is 0.440. The van der Waals surface area contributed by atoms with Crippen molar-refractivity contribution in [3.63, 3.8) is 0 Å². The van der Waals surface area contributed by atoms with Gasteiger partial charge in [-0.1, -0.05) is 36.8 Å². The Kier molecular flexibility index (Phi) is 8.91. The maximum absolute atomic E-state index is 13.1. The maximum Gasteiger partial charge on any atom is 0.261 e. The number of methoxy groups -OCH3 is 1. The third-order valence-corrected chi connectivity index (χ3v) is 5.34. The number of ether oxygens (including phenoxy) is 2. The lowest BCUT2D eigenvalue weighted by Crippen LogP contribution is -2.50. The molecule has 0 aliphatic rings. The Morgan fingerprint density at radius 1 is 1.10 bits per heavy atom. The summed E-state index contributed by atoms with van der Waals surface area (Å²) in [6, 6.07) is 12.7. The van der Waals surface area contributed by atoms with Crippen LogP contribution < -0.4 is 14.8 Å². The van der Waals surface area contributed by atoms with Crippen LogP contribution >= 0.6 is 0 Å². The van der Waals surface area contributed by atoms with Gasteiger partial charge in [0, 0.05) is 12.6 Å². The van der Waals surface area contributed by atoms with Gasteiger partial charge in [-0.2, -0.15) is 0 Å². The molecule has 6 heteroatoms. The van der Waals surface area contributed by atoms with Crippen LogP contribution in [0.4, 0.5) is 0 Å². The molecule has 2 rings (SSSR count). The van der Waals surface area contributed by atoms with E-state index in [1.165, 1.54) is 0 Å². The molecule has 168 valence electrons. The molecule has 2 atom stereocenters. The minimum atomic E-state index is -0.643. The highest BCUT2D eigenvalue weighted by Gasteiger charge is 2.27. The minimum Gasteiger partial charge on any atom is -0.497 e. The van der Waals surface area contributed by atoms with Crippen molar-refractivity contribution in [1.82, 2.24) is 10.2 Å². The molecule has 1 N–H and O–H groups in total. The second-order valence-electron chi connectivity index (χ2n) is 7.92.